The third kappa shape index (κ3) is 2.50. The maximum absolute atomic E-state index is 10.9. The van der Waals surface area contributed by atoms with E-state index >= 15 is 0 Å². The van der Waals surface area contributed by atoms with E-state index in [1.54, 1.807) is 0 Å². The number of rotatable bonds is 4. The van der Waals surface area contributed by atoms with E-state index in [0.717, 1.165) is 12.8 Å². The van der Waals surface area contributed by atoms with E-state index < -0.39 is 0 Å². The van der Waals surface area contributed by atoms with Crippen LogP contribution in [0.4, 0.5) is 0 Å². The van der Waals surface area contributed by atoms with E-state index in [2.05, 4.69) is 6.92 Å². The molecule has 3 nitrogen and oxygen atoms in total. The molecule has 1 rings (SSSR count). The van der Waals surface area contributed by atoms with Gasteiger partial charge < -0.3 is 9.47 Å². The average molecular weight is 158 g/mol. The first kappa shape index (κ1) is 8.53. The van der Waals surface area contributed by atoms with Crippen LogP contribution < -0.4 is 0 Å². The molecule has 64 valence electrons. The Labute approximate surface area is 66.7 Å². The molecular formula is C8H14O3. The summed E-state index contributed by atoms with van der Waals surface area (Å²) in [6, 6.07) is 0. The Hall–Kier alpha value is -0.570. The van der Waals surface area contributed by atoms with Gasteiger partial charge in [-0.15, -0.1) is 0 Å². The molecule has 0 aromatic carbocycles. The molecule has 0 aliphatic carbocycles. The van der Waals surface area contributed by atoms with Crippen LogP contribution >= 0.6 is 0 Å². The largest absolute Gasteiger partial charge is 0.464 e. The van der Waals surface area contributed by atoms with Gasteiger partial charge in [-0.2, -0.15) is 0 Å². The second-order valence-corrected chi connectivity index (χ2v) is 2.78. The molecule has 1 heterocycles. The minimum Gasteiger partial charge on any atom is -0.464 e. The molecule has 1 aliphatic heterocycles. The fourth-order valence-corrected chi connectivity index (χ4v) is 0.832. The summed E-state index contributed by atoms with van der Waals surface area (Å²) in [7, 11) is 0. The molecule has 11 heavy (non-hydrogen) atoms. The van der Waals surface area contributed by atoms with Crippen LogP contribution in [0.3, 0.4) is 0 Å². The van der Waals surface area contributed by atoms with Gasteiger partial charge in [0.25, 0.3) is 0 Å². The Kier molecular flexibility index (Phi) is 2.88. The Morgan fingerprint density at radius 1 is 1.64 bits per heavy atom. The summed E-state index contributed by atoms with van der Waals surface area (Å²) < 4.78 is 9.85. The van der Waals surface area contributed by atoms with E-state index in [0.29, 0.717) is 6.61 Å². The monoisotopic (exact) mass is 158 g/mol. The summed E-state index contributed by atoms with van der Waals surface area (Å²) in [4.78, 5) is 10.9. The number of esters is 1. The molecule has 0 aromatic heterocycles. The quantitative estimate of drug-likeness (QED) is 0.349. The Morgan fingerprint density at radius 3 is 2.73 bits per heavy atom. The van der Waals surface area contributed by atoms with Crippen molar-refractivity contribution >= 4 is 5.97 Å². The van der Waals surface area contributed by atoms with E-state index in [9.17, 15) is 4.79 Å². The van der Waals surface area contributed by atoms with Crippen LogP contribution in [0.25, 0.3) is 0 Å². The molecule has 0 amide bonds. The van der Waals surface area contributed by atoms with Crippen LogP contribution in [-0.2, 0) is 14.3 Å². The highest BCUT2D eigenvalue weighted by Crippen LogP contribution is 2.21. The van der Waals surface area contributed by atoms with Gasteiger partial charge >= 0.3 is 5.97 Å². The summed E-state index contributed by atoms with van der Waals surface area (Å²) in [6.45, 7) is 4.46. The van der Waals surface area contributed by atoms with Crippen LogP contribution in [0.2, 0.25) is 0 Å². The third-order valence-corrected chi connectivity index (χ3v) is 1.69. The van der Waals surface area contributed by atoms with Crippen molar-refractivity contribution in [2.24, 2.45) is 0 Å². The summed E-state index contributed by atoms with van der Waals surface area (Å²) >= 11 is 0. The second-order valence-electron chi connectivity index (χ2n) is 2.78. The molecule has 0 bridgehead atoms. The van der Waals surface area contributed by atoms with Gasteiger partial charge in [0, 0.05) is 0 Å². The first-order chi connectivity index (χ1) is 5.25. The molecule has 1 fully saturated rings. The van der Waals surface area contributed by atoms with E-state index in [-0.39, 0.29) is 18.2 Å². The van der Waals surface area contributed by atoms with E-state index in [1.807, 2.05) is 6.92 Å². The van der Waals surface area contributed by atoms with Crippen molar-refractivity contribution in [1.29, 1.82) is 0 Å². The van der Waals surface area contributed by atoms with Gasteiger partial charge in [-0.1, -0.05) is 13.3 Å². The maximum atomic E-state index is 10.9. The number of unbranched alkanes of at least 4 members (excludes halogenated alkanes) is 1. The lowest BCUT2D eigenvalue weighted by Crippen LogP contribution is -2.13. The number of hydrogen-bond donors (Lipinski definition) is 0. The number of ether oxygens (including phenoxy) is 2. The molecule has 0 spiro atoms. The molecular weight excluding hydrogens is 144 g/mol. The zero-order chi connectivity index (χ0) is 8.27. The molecule has 0 saturated carbocycles. The molecule has 1 aliphatic rings. The van der Waals surface area contributed by atoms with Crippen LogP contribution in [0.5, 0.6) is 0 Å². The van der Waals surface area contributed by atoms with Crippen molar-refractivity contribution in [1.82, 2.24) is 0 Å². The van der Waals surface area contributed by atoms with Crippen molar-refractivity contribution in [2.45, 2.75) is 38.9 Å². The maximum Gasteiger partial charge on any atom is 0.337 e. The number of epoxide rings is 1. The van der Waals surface area contributed by atoms with Crippen molar-refractivity contribution in [2.75, 3.05) is 6.61 Å². The third-order valence-electron chi connectivity index (χ3n) is 1.69. The molecule has 2 atom stereocenters. The normalized spacial score (nSPS) is 28.2. The smallest absolute Gasteiger partial charge is 0.337 e. The highest BCUT2D eigenvalue weighted by atomic mass is 16.6. The summed E-state index contributed by atoms with van der Waals surface area (Å²) in [5.41, 5.74) is 0. The van der Waals surface area contributed by atoms with Crippen molar-refractivity contribution in [3.63, 3.8) is 0 Å². The SMILES string of the molecule is CCCCOC(=O)C1OC1C. The average Bonchev–Trinajstić information content (AvgIpc) is 2.67. The van der Waals surface area contributed by atoms with Crippen LogP contribution in [-0.4, -0.2) is 24.8 Å². The van der Waals surface area contributed by atoms with Gasteiger partial charge in [-0.25, -0.2) is 4.79 Å². The number of hydrogen-bond acceptors (Lipinski definition) is 3. The topological polar surface area (TPSA) is 38.8 Å². The van der Waals surface area contributed by atoms with Gasteiger partial charge in [0.15, 0.2) is 6.10 Å². The minimum atomic E-state index is -0.271. The molecule has 2 unspecified atom stereocenters. The fourth-order valence-electron chi connectivity index (χ4n) is 0.832. The van der Waals surface area contributed by atoms with Gasteiger partial charge in [0.2, 0.25) is 0 Å². The molecule has 0 aromatic rings. The Bertz CT molecular complexity index is 144. The van der Waals surface area contributed by atoms with Crippen molar-refractivity contribution in [3.8, 4) is 0 Å². The number of carbonyl (C=O) groups excluding carboxylic acids is 1. The lowest BCUT2D eigenvalue weighted by molar-refractivity contribution is -0.145. The van der Waals surface area contributed by atoms with Crippen LogP contribution in [0, 0.1) is 0 Å². The van der Waals surface area contributed by atoms with Gasteiger partial charge in [0.05, 0.1) is 12.7 Å². The highest BCUT2D eigenvalue weighted by Gasteiger charge is 2.42. The van der Waals surface area contributed by atoms with E-state index in [4.69, 9.17) is 9.47 Å². The highest BCUT2D eigenvalue weighted by molar-refractivity contribution is 5.77. The Balaban J connectivity index is 2.03. The first-order valence-corrected chi connectivity index (χ1v) is 4.07. The number of carbonyl (C=O) groups is 1. The van der Waals surface area contributed by atoms with Gasteiger partial charge in [-0.3, -0.25) is 0 Å². The second kappa shape index (κ2) is 3.72. The van der Waals surface area contributed by atoms with Crippen LogP contribution in [0.1, 0.15) is 26.7 Å². The predicted molar refractivity (Wildman–Crippen MR) is 40.2 cm³/mol. The lowest BCUT2D eigenvalue weighted by Gasteiger charge is -1.99. The predicted octanol–water partition coefficient (Wildman–Crippen LogP) is 1.12. The Morgan fingerprint density at radius 2 is 2.27 bits per heavy atom. The van der Waals surface area contributed by atoms with Gasteiger partial charge in [0.1, 0.15) is 0 Å². The van der Waals surface area contributed by atoms with Crippen molar-refractivity contribution in [3.05, 3.63) is 0 Å². The molecule has 0 radical (unpaired) electrons. The molecule has 3 heteroatoms. The minimum absolute atomic E-state index is 0.0733. The summed E-state index contributed by atoms with van der Waals surface area (Å²) in [5, 5.41) is 0. The van der Waals surface area contributed by atoms with Gasteiger partial charge in [-0.05, 0) is 13.3 Å². The standard InChI is InChI=1S/C8H14O3/c1-3-4-5-10-8(9)7-6(2)11-7/h6-7H,3-5H2,1-2H3. The summed E-state index contributed by atoms with van der Waals surface area (Å²) in [5.74, 6) is -0.203. The molecule has 1 saturated heterocycles. The van der Waals surface area contributed by atoms with E-state index in [1.165, 1.54) is 0 Å². The summed E-state index contributed by atoms with van der Waals surface area (Å²) in [6.07, 6.45) is 1.79. The zero-order valence-electron chi connectivity index (χ0n) is 7.00. The molecule has 0 N–H and O–H groups in total. The fraction of sp³-hybridized carbons (Fsp3) is 0.875. The lowest BCUT2D eigenvalue weighted by atomic mass is 10.3. The van der Waals surface area contributed by atoms with Crippen LogP contribution in [0.15, 0.2) is 0 Å². The first-order valence-electron chi connectivity index (χ1n) is 4.07. The zero-order valence-corrected chi connectivity index (χ0v) is 7.00. The van der Waals surface area contributed by atoms with Crippen molar-refractivity contribution < 1.29 is 14.3 Å².